The van der Waals surface area contributed by atoms with Crippen LogP contribution in [0.2, 0.25) is 0 Å². The van der Waals surface area contributed by atoms with E-state index in [9.17, 15) is 0 Å². The van der Waals surface area contributed by atoms with Gasteiger partial charge in [0.15, 0.2) is 0 Å². The Balaban J connectivity index is 2.59. The molecule has 0 saturated heterocycles. The highest BCUT2D eigenvalue weighted by Crippen LogP contribution is 2.28. The van der Waals surface area contributed by atoms with E-state index in [2.05, 4.69) is 57.9 Å². The summed E-state index contributed by atoms with van der Waals surface area (Å²) >= 11 is 1.88. The quantitative estimate of drug-likeness (QED) is 0.755. The maximum Gasteiger partial charge on any atom is 0.0991 e. The maximum atomic E-state index is 4.62. The van der Waals surface area contributed by atoms with E-state index in [1.165, 1.54) is 16.2 Å². The average Bonchev–Trinajstić information content (AvgIpc) is 2.31. The molecule has 108 valence electrons. The van der Waals surface area contributed by atoms with E-state index in [0.717, 1.165) is 13.1 Å². The van der Waals surface area contributed by atoms with Crippen LogP contribution in [0.4, 0.5) is 0 Å². The van der Waals surface area contributed by atoms with Gasteiger partial charge in [-0.05, 0) is 36.4 Å². The number of rotatable bonds is 7. The van der Waals surface area contributed by atoms with Gasteiger partial charge in [0.05, 0.1) is 5.03 Å². The Morgan fingerprint density at radius 1 is 1.21 bits per heavy atom. The Kier molecular flexibility index (Phi) is 6.87. The minimum absolute atomic E-state index is 0.608. The predicted molar refractivity (Wildman–Crippen MR) is 85.7 cm³/mol. The molecule has 1 rings (SSSR count). The van der Waals surface area contributed by atoms with Crippen molar-refractivity contribution in [3.05, 3.63) is 23.4 Å². The average molecular weight is 280 g/mol. The van der Waals surface area contributed by atoms with Crippen LogP contribution < -0.4 is 5.32 Å². The van der Waals surface area contributed by atoms with Gasteiger partial charge in [0.2, 0.25) is 0 Å². The molecule has 0 saturated carbocycles. The Morgan fingerprint density at radius 3 is 2.42 bits per heavy atom. The van der Waals surface area contributed by atoms with Crippen LogP contribution in [0.3, 0.4) is 0 Å². The van der Waals surface area contributed by atoms with E-state index >= 15 is 0 Å². The van der Waals surface area contributed by atoms with Gasteiger partial charge in [0.25, 0.3) is 0 Å². The molecule has 0 radical (unpaired) electrons. The number of hydrogen-bond donors (Lipinski definition) is 1. The first-order valence-corrected chi connectivity index (χ1v) is 8.11. The summed E-state index contributed by atoms with van der Waals surface area (Å²) in [6.07, 6.45) is 2.01. The number of aryl methyl sites for hydroxylation is 1. The van der Waals surface area contributed by atoms with Gasteiger partial charge in [-0.25, -0.2) is 4.98 Å². The van der Waals surface area contributed by atoms with Crippen LogP contribution in [0.15, 0.2) is 17.3 Å². The summed E-state index contributed by atoms with van der Waals surface area (Å²) in [5, 5.41) is 5.24. The minimum Gasteiger partial charge on any atom is -0.312 e. The van der Waals surface area contributed by atoms with Crippen molar-refractivity contribution in [1.82, 2.24) is 10.3 Å². The second-order valence-corrected chi connectivity index (χ2v) is 7.42. The van der Waals surface area contributed by atoms with Gasteiger partial charge in [-0.15, -0.1) is 11.8 Å². The van der Waals surface area contributed by atoms with E-state index in [-0.39, 0.29) is 0 Å². The molecule has 0 fully saturated rings. The fraction of sp³-hybridized carbons (Fsp3) is 0.688. The fourth-order valence-corrected chi connectivity index (χ4v) is 2.64. The van der Waals surface area contributed by atoms with Crippen LogP contribution in [-0.4, -0.2) is 16.8 Å². The lowest BCUT2D eigenvalue weighted by Gasteiger charge is -2.16. The molecule has 0 amide bonds. The molecule has 0 bridgehead atoms. The number of hydrogen-bond acceptors (Lipinski definition) is 3. The van der Waals surface area contributed by atoms with Crippen molar-refractivity contribution in [2.24, 2.45) is 11.8 Å². The molecule has 0 aliphatic rings. The van der Waals surface area contributed by atoms with E-state index in [1.54, 1.807) is 0 Å². The smallest absolute Gasteiger partial charge is 0.0991 e. The lowest BCUT2D eigenvalue weighted by Crippen LogP contribution is -2.19. The van der Waals surface area contributed by atoms with Gasteiger partial charge in [-0.3, -0.25) is 0 Å². The third-order valence-corrected chi connectivity index (χ3v) is 4.77. The number of nitrogens with one attached hydrogen (secondary N) is 1. The zero-order valence-corrected chi connectivity index (χ0v) is 14.0. The van der Waals surface area contributed by atoms with Crippen molar-refractivity contribution in [2.75, 3.05) is 6.54 Å². The predicted octanol–water partition coefficient (Wildman–Crippen LogP) is 4.27. The summed E-state index contributed by atoms with van der Waals surface area (Å²) in [5.41, 5.74) is 2.57. The van der Waals surface area contributed by atoms with Crippen molar-refractivity contribution in [1.29, 1.82) is 0 Å². The SMILES string of the molecule is Cc1cc(CNCC(C)C)cnc1SC(C)C(C)C. The molecule has 1 unspecified atom stereocenters. The molecule has 3 heteroatoms. The first kappa shape index (κ1) is 16.5. The zero-order chi connectivity index (χ0) is 14.4. The molecule has 1 aromatic rings. The number of thioether (sulfide) groups is 1. The molecular formula is C16H28N2S. The number of nitrogens with zero attached hydrogens (tertiary/aromatic N) is 1. The summed E-state index contributed by atoms with van der Waals surface area (Å²) in [4.78, 5) is 4.62. The number of pyridine rings is 1. The van der Waals surface area contributed by atoms with Crippen molar-refractivity contribution >= 4 is 11.8 Å². The van der Waals surface area contributed by atoms with Gasteiger partial charge in [-0.1, -0.05) is 40.7 Å². The Bertz CT molecular complexity index is 388. The van der Waals surface area contributed by atoms with Crippen molar-refractivity contribution in [3.8, 4) is 0 Å². The largest absolute Gasteiger partial charge is 0.312 e. The van der Waals surface area contributed by atoms with Crippen LogP contribution in [0.25, 0.3) is 0 Å². The standard InChI is InChI=1S/C16H28N2S/c1-11(2)8-17-9-15-7-13(5)16(18-10-15)19-14(6)12(3)4/h7,10-12,14,17H,8-9H2,1-6H3. The topological polar surface area (TPSA) is 24.9 Å². The van der Waals surface area contributed by atoms with Crippen molar-refractivity contribution < 1.29 is 0 Å². The minimum atomic E-state index is 0.608. The van der Waals surface area contributed by atoms with E-state index in [1.807, 2.05) is 18.0 Å². The Morgan fingerprint density at radius 2 is 1.89 bits per heavy atom. The molecule has 1 N–H and O–H groups in total. The molecule has 0 aliphatic carbocycles. The zero-order valence-electron chi connectivity index (χ0n) is 13.2. The van der Waals surface area contributed by atoms with Gasteiger partial charge in [0.1, 0.15) is 0 Å². The second-order valence-electron chi connectivity index (χ2n) is 6.06. The lowest BCUT2D eigenvalue weighted by molar-refractivity contribution is 0.551. The molecule has 1 aromatic heterocycles. The van der Waals surface area contributed by atoms with E-state index < -0.39 is 0 Å². The number of aromatic nitrogens is 1. The third-order valence-electron chi connectivity index (χ3n) is 3.20. The van der Waals surface area contributed by atoms with Gasteiger partial charge < -0.3 is 5.32 Å². The maximum absolute atomic E-state index is 4.62. The Hall–Kier alpha value is -0.540. The molecule has 1 atom stereocenters. The van der Waals surface area contributed by atoms with Gasteiger partial charge >= 0.3 is 0 Å². The summed E-state index contributed by atoms with van der Waals surface area (Å²) in [6.45, 7) is 15.4. The molecule has 0 spiro atoms. The highest BCUT2D eigenvalue weighted by molar-refractivity contribution is 7.99. The molecule has 19 heavy (non-hydrogen) atoms. The summed E-state index contributed by atoms with van der Waals surface area (Å²) in [6, 6.07) is 2.26. The highest BCUT2D eigenvalue weighted by Gasteiger charge is 2.11. The fourth-order valence-electron chi connectivity index (χ4n) is 1.66. The van der Waals surface area contributed by atoms with E-state index in [0.29, 0.717) is 17.1 Å². The van der Waals surface area contributed by atoms with E-state index in [4.69, 9.17) is 0 Å². The molecule has 0 aliphatic heterocycles. The summed E-state index contributed by atoms with van der Waals surface area (Å²) in [5.74, 6) is 1.37. The van der Waals surface area contributed by atoms with Crippen LogP contribution in [0.1, 0.15) is 45.7 Å². The molecule has 0 aromatic carbocycles. The highest BCUT2D eigenvalue weighted by atomic mass is 32.2. The van der Waals surface area contributed by atoms with Gasteiger partial charge in [0, 0.05) is 18.0 Å². The third kappa shape index (κ3) is 5.96. The molecule has 2 nitrogen and oxygen atoms in total. The van der Waals surface area contributed by atoms with Crippen LogP contribution in [0, 0.1) is 18.8 Å². The normalized spacial score (nSPS) is 13.3. The first-order valence-electron chi connectivity index (χ1n) is 7.23. The van der Waals surface area contributed by atoms with Crippen molar-refractivity contribution in [3.63, 3.8) is 0 Å². The van der Waals surface area contributed by atoms with Crippen LogP contribution in [-0.2, 0) is 6.54 Å². The lowest BCUT2D eigenvalue weighted by atomic mass is 10.2. The second kappa shape index (κ2) is 7.91. The molecule has 1 heterocycles. The van der Waals surface area contributed by atoms with Crippen LogP contribution >= 0.6 is 11.8 Å². The monoisotopic (exact) mass is 280 g/mol. The summed E-state index contributed by atoms with van der Waals surface area (Å²) in [7, 11) is 0. The summed E-state index contributed by atoms with van der Waals surface area (Å²) < 4.78 is 0. The first-order chi connectivity index (χ1) is 8.90. The molecular weight excluding hydrogens is 252 g/mol. The van der Waals surface area contributed by atoms with Gasteiger partial charge in [-0.2, -0.15) is 0 Å². The Labute approximate surface area is 122 Å². The van der Waals surface area contributed by atoms with Crippen LogP contribution in [0.5, 0.6) is 0 Å². The van der Waals surface area contributed by atoms with Crippen molar-refractivity contribution in [2.45, 2.75) is 58.4 Å².